The van der Waals surface area contributed by atoms with Gasteiger partial charge in [0, 0.05) is 41.7 Å². The van der Waals surface area contributed by atoms with Crippen LogP contribution in [-0.4, -0.2) is 51.0 Å². The number of halogens is 1. The van der Waals surface area contributed by atoms with Crippen LogP contribution in [0.4, 0.5) is 0 Å². The number of benzene rings is 1. The molecular formula is C28H26BrNO7. The number of Topliss-reactive ketones (excluding diaryl/α,β-unsaturated/α-hetero) is 1. The number of fused-ring (bicyclic) bond motifs is 3. The fraction of sp³-hybridized carbons (Fsp3) is 0.393. The van der Waals surface area contributed by atoms with Crippen molar-refractivity contribution in [3.63, 3.8) is 0 Å². The van der Waals surface area contributed by atoms with Crippen LogP contribution in [0.25, 0.3) is 0 Å². The molecular weight excluding hydrogens is 542 g/mol. The third-order valence-electron chi connectivity index (χ3n) is 7.94. The van der Waals surface area contributed by atoms with Crippen molar-refractivity contribution < 1.29 is 34.2 Å². The first kappa shape index (κ1) is 25.3. The largest absolute Gasteiger partial charge is 0.508 e. The van der Waals surface area contributed by atoms with E-state index in [1.54, 1.807) is 18.2 Å². The number of likely N-dealkylation sites (tertiary alicyclic amines) is 1. The Morgan fingerprint density at radius 1 is 1.03 bits per heavy atom. The summed E-state index contributed by atoms with van der Waals surface area (Å²) in [6, 6.07) is 6.68. The van der Waals surface area contributed by atoms with Crippen molar-refractivity contribution in [3.05, 3.63) is 63.2 Å². The highest BCUT2D eigenvalue weighted by molar-refractivity contribution is 9.12. The van der Waals surface area contributed by atoms with Crippen LogP contribution in [0.15, 0.2) is 57.6 Å². The van der Waals surface area contributed by atoms with Crippen LogP contribution in [0.2, 0.25) is 0 Å². The Bertz CT molecular complexity index is 1320. The van der Waals surface area contributed by atoms with E-state index in [0.717, 1.165) is 5.57 Å². The number of carbonyl (C=O) groups is 5. The molecule has 2 amide bonds. The summed E-state index contributed by atoms with van der Waals surface area (Å²) in [5, 5.41) is 19.5. The van der Waals surface area contributed by atoms with Crippen LogP contribution >= 0.6 is 15.9 Å². The second-order valence-corrected chi connectivity index (χ2v) is 10.8. The number of hydrogen-bond acceptors (Lipinski definition) is 6. The van der Waals surface area contributed by atoms with Crippen molar-refractivity contribution >= 4 is 45.3 Å². The quantitative estimate of drug-likeness (QED) is 0.222. The lowest BCUT2D eigenvalue weighted by atomic mass is 9.59. The fourth-order valence-corrected chi connectivity index (χ4v) is 6.75. The molecule has 0 bridgehead atoms. The molecule has 3 aliphatic carbocycles. The van der Waals surface area contributed by atoms with E-state index >= 15 is 0 Å². The number of ketones is 2. The highest BCUT2D eigenvalue weighted by Crippen LogP contribution is 2.56. The predicted molar refractivity (Wildman–Crippen MR) is 136 cm³/mol. The summed E-state index contributed by atoms with van der Waals surface area (Å²) in [4.78, 5) is 65.2. The Kier molecular flexibility index (Phi) is 6.74. The molecule has 0 spiro atoms. The van der Waals surface area contributed by atoms with Crippen LogP contribution in [0, 0.1) is 17.8 Å². The van der Waals surface area contributed by atoms with Crippen molar-refractivity contribution in [1.29, 1.82) is 0 Å². The van der Waals surface area contributed by atoms with E-state index in [2.05, 4.69) is 15.9 Å². The first-order valence-corrected chi connectivity index (χ1v) is 13.2. The fourth-order valence-electron chi connectivity index (χ4n) is 6.30. The van der Waals surface area contributed by atoms with Gasteiger partial charge in [0.2, 0.25) is 11.8 Å². The second kappa shape index (κ2) is 9.85. The van der Waals surface area contributed by atoms with Gasteiger partial charge in [-0.1, -0.05) is 36.3 Å². The summed E-state index contributed by atoms with van der Waals surface area (Å²) in [6.45, 7) is 0.231. The average Bonchev–Trinajstić information content (AvgIpc) is 3.11. The molecule has 1 saturated heterocycles. The van der Waals surface area contributed by atoms with Gasteiger partial charge in [-0.15, -0.1) is 0 Å². The zero-order valence-electron chi connectivity index (χ0n) is 20.0. The SMILES string of the molecule is O=C(O)CCCCCN1C(=O)[C@H]2[C@H](CC=C3[C@H](c4ccccc4O)C4=C(C[C@H]32)C(=O)C(Br)=CC4=O)C1=O. The molecule has 1 fully saturated rings. The normalized spacial score (nSPS) is 27.0. The zero-order valence-corrected chi connectivity index (χ0v) is 21.6. The number of phenolic OH excluding ortho intramolecular Hbond substituents is 1. The highest BCUT2D eigenvalue weighted by Gasteiger charge is 2.56. The first-order valence-electron chi connectivity index (χ1n) is 12.4. The molecule has 9 heteroatoms. The van der Waals surface area contributed by atoms with Gasteiger partial charge in [-0.3, -0.25) is 28.9 Å². The van der Waals surface area contributed by atoms with Crippen molar-refractivity contribution in [1.82, 2.24) is 4.90 Å². The molecule has 0 saturated carbocycles. The molecule has 1 aliphatic heterocycles. The van der Waals surface area contributed by atoms with Crippen LogP contribution < -0.4 is 0 Å². The third kappa shape index (κ3) is 4.29. The van der Waals surface area contributed by atoms with Crippen LogP contribution in [0.3, 0.4) is 0 Å². The second-order valence-electron chi connectivity index (χ2n) is 9.98. The van der Waals surface area contributed by atoms with E-state index in [4.69, 9.17) is 5.11 Å². The number of amides is 2. The van der Waals surface area contributed by atoms with Gasteiger partial charge in [0.25, 0.3) is 0 Å². The Morgan fingerprint density at radius 3 is 2.51 bits per heavy atom. The Hall–Kier alpha value is -3.33. The van der Waals surface area contributed by atoms with Gasteiger partial charge in [0.05, 0.1) is 16.3 Å². The molecule has 0 aromatic heterocycles. The zero-order chi connectivity index (χ0) is 26.4. The molecule has 1 heterocycles. The lowest BCUT2D eigenvalue weighted by Gasteiger charge is -2.42. The van der Waals surface area contributed by atoms with Crippen LogP contribution in [-0.2, 0) is 24.0 Å². The van der Waals surface area contributed by atoms with E-state index in [0.29, 0.717) is 42.4 Å². The van der Waals surface area contributed by atoms with Crippen molar-refractivity contribution in [2.75, 3.05) is 6.54 Å². The summed E-state index contributed by atoms with van der Waals surface area (Å²) in [6.07, 6.45) is 5.32. The molecule has 192 valence electrons. The van der Waals surface area contributed by atoms with E-state index < -0.39 is 29.6 Å². The molecule has 1 aromatic carbocycles. The first-order chi connectivity index (χ1) is 17.7. The molecule has 1 aromatic rings. The number of carboxylic acids is 1. The van der Waals surface area contributed by atoms with Gasteiger partial charge >= 0.3 is 5.97 Å². The molecule has 37 heavy (non-hydrogen) atoms. The maximum absolute atomic E-state index is 13.6. The van der Waals surface area contributed by atoms with E-state index in [1.807, 2.05) is 6.08 Å². The number of nitrogens with zero attached hydrogens (tertiary/aromatic N) is 1. The summed E-state index contributed by atoms with van der Waals surface area (Å²) in [5.74, 6) is -4.36. The number of phenols is 1. The molecule has 2 N–H and O–H groups in total. The number of aliphatic carboxylic acids is 1. The number of rotatable bonds is 7. The van der Waals surface area contributed by atoms with Gasteiger partial charge in [-0.25, -0.2) is 0 Å². The van der Waals surface area contributed by atoms with Crippen LogP contribution in [0.5, 0.6) is 5.75 Å². The van der Waals surface area contributed by atoms with Gasteiger partial charge in [0.1, 0.15) is 5.75 Å². The minimum Gasteiger partial charge on any atom is -0.508 e. The average molecular weight is 568 g/mol. The lowest BCUT2D eigenvalue weighted by molar-refractivity contribution is -0.141. The smallest absolute Gasteiger partial charge is 0.303 e. The van der Waals surface area contributed by atoms with Crippen molar-refractivity contribution in [2.24, 2.45) is 17.8 Å². The monoisotopic (exact) mass is 567 g/mol. The summed E-state index contributed by atoms with van der Waals surface area (Å²) in [7, 11) is 0. The number of carboxylic acid groups (broad SMARTS) is 1. The maximum Gasteiger partial charge on any atom is 0.303 e. The molecule has 4 atom stereocenters. The predicted octanol–water partition coefficient (Wildman–Crippen LogP) is 3.80. The molecule has 5 rings (SSSR count). The third-order valence-corrected chi connectivity index (χ3v) is 8.53. The number of aromatic hydroxyl groups is 1. The lowest BCUT2D eigenvalue weighted by Crippen LogP contribution is -2.39. The number of hydrogen-bond donors (Lipinski definition) is 2. The van der Waals surface area contributed by atoms with Crippen LogP contribution in [0.1, 0.15) is 50.0 Å². The minimum atomic E-state index is -0.875. The number of carbonyl (C=O) groups excluding carboxylic acids is 4. The molecule has 4 aliphatic rings. The van der Waals surface area contributed by atoms with Crippen molar-refractivity contribution in [3.8, 4) is 5.75 Å². The molecule has 8 nitrogen and oxygen atoms in total. The Balaban J connectivity index is 1.49. The van der Waals surface area contributed by atoms with Crippen molar-refractivity contribution in [2.45, 2.75) is 44.4 Å². The van der Waals surface area contributed by atoms with E-state index in [1.165, 1.54) is 17.0 Å². The molecule has 0 radical (unpaired) electrons. The topological polar surface area (TPSA) is 129 Å². The molecule has 0 unspecified atom stereocenters. The standard InChI is InChI=1S/C28H26BrNO7/c29-19-13-21(32)25-18(26(19)35)12-17-14(23(25)15-6-3-4-7-20(15)31)9-10-16-24(17)28(37)30(27(16)36)11-5-1-2-8-22(33)34/h3-4,6-7,9,13,16-17,23-24,31H,1-2,5,8,10-12H2,(H,33,34)/t16-,17+,23+,24-/m0/s1. The summed E-state index contributed by atoms with van der Waals surface area (Å²) in [5.41, 5.74) is 1.92. The maximum atomic E-state index is 13.6. The number of unbranched alkanes of at least 4 members (excludes halogenated alkanes) is 2. The highest BCUT2D eigenvalue weighted by atomic mass is 79.9. The summed E-state index contributed by atoms with van der Waals surface area (Å²) < 4.78 is 0.156. The number of imide groups is 1. The summed E-state index contributed by atoms with van der Waals surface area (Å²) >= 11 is 3.20. The van der Waals surface area contributed by atoms with Gasteiger partial charge in [-0.05, 0) is 53.6 Å². The minimum absolute atomic E-state index is 0.00583. The Labute approximate surface area is 221 Å². The van der Waals surface area contributed by atoms with Gasteiger partial charge in [0.15, 0.2) is 11.6 Å². The van der Waals surface area contributed by atoms with E-state index in [9.17, 15) is 29.1 Å². The number of allylic oxidation sites excluding steroid dienone is 6. The Morgan fingerprint density at radius 2 is 1.78 bits per heavy atom. The van der Waals surface area contributed by atoms with E-state index in [-0.39, 0.29) is 53.0 Å². The number of para-hydroxylation sites is 1. The van der Waals surface area contributed by atoms with Gasteiger partial charge < -0.3 is 10.2 Å². The van der Waals surface area contributed by atoms with Gasteiger partial charge in [-0.2, -0.15) is 0 Å².